The van der Waals surface area contributed by atoms with Crippen LogP contribution in [0.25, 0.3) is 0 Å². The van der Waals surface area contributed by atoms with Gasteiger partial charge in [-0.15, -0.1) is 0 Å². The van der Waals surface area contributed by atoms with E-state index >= 15 is 0 Å². The molecule has 0 spiro atoms. The van der Waals surface area contributed by atoms with Crippen molar-refractivity contribution in [2.24, 2.45) is 0 Å². The Kier molecular flexibility index (Phi) is 5.94. The van der Waals surface area contributed by atoms with Crippen LogP contribution in [0.15, 0.2) is 60.7 Å². The molecular formula is C22H17ClINO4. The third-order valence-corrected chi connectivity index (χ3v) is 5.56. The molecule has 0 saturated carbocycles. The van der Waals surface area contributed by atoms with Crippen molar-refractivity contribution in [3.8, 4) is 11.5 Å². The number of hydrogen-bond acceptors (Lipinski definition) is 4. The Labute approximate surface area is 186 Å². The number of anilines is 1. The maximum atomic E-state index is 12.8. The lowest BCUT2D eigenvalue weighted by Gasteiger charge is -2.24. The molecule has 0 aromatic heterocycles. The fourth-order valence-corrected chi connectivity index (χ4v) is 3.91. The number of hydrogen-bond donors (Lipinski definition) is 2. The molecule has 0 bridgehead atoms. The number of benzene rings is 3. The van der Waals surface area contributed by atoms with Crippen LogP contribution in [0.5, 0.6) is 11.5 Å². The van der Waals surface area contributed by atoms with Gasteiger partial charge < -0.3 is 19.9 Å². The lowest BCUT2D eigenvalue weighted by molar-refractivity contribution is 0.102. The molecule has 1 atom stereocenters. The van der Waals surface area contributed by atoms with Crippen molar-refractivity contribution in [2.45, 2.75) is 6.10 Å². The Balaban J connectivity index is 1.75. The van der Waals surface area contributed by atoms with Crippen molar-refractivity contribution in [1.82, 2.24) is 0 Å². The second kappa shape index (κ2) is 8.61. The summed E-state index contributed by atoms with van der Waals surface area (Å²) < 4.78 is 12.3. The molecule has 1 amide bonds. The van der Waals surface area contributed by atoms with Gasteiger partial charge in [0.25, 0.3) is 5.91 Å². The Hall–Kier alpha value is -2.29. The van der Waals surface area contributed by atoms with E-state index in [2.05, 4.69) is 27.9 Å². The zero-order valence-electron chi connectivity index (χ0n) is 15.2. The number of nitrogens with one attached hydrogen (secondary N) is 1. The molecule has 1 heterocycles. The first kappa shape index (κ1) is 20.0. The number of ether oxygens (including phenoxy) is 2. The summed E-state index contributed by atoms with van der Waals surface area (Å²) in [6, 6.07) is 17.7. The maximum absolute atomic E-state index is 12.8. The van der Waals surface area contributed by atoms with Gasteiger partial charge in [0.1, 0.15) is 19.3 Å². The number of aliphatic hydroxyl groups excluding tert-OH is 1. The average molecular weight is 522 g/mol. The van der Waals surface area contributed by atoms with Gasteiger partial charge in [0.05, 0.1) is 5.69 Å². The van der Waals surface area contributed by atoms with E-state index in [-0.39, 0.29) is 5.91 Å². The van der Waals surface area contributed by atoms with E-state index < -0.39 is 6.10 Å². The molecule has 5 nitrogen and oxygen atoms in total. The zero-order chi connectivity index (χ0) is 20.4. The van der Waals surface area contributed by atoms with Crippen LogP contribution < -0.4 is 14.8 Å². The summed E-state index contributed by atoms with van der Waals surface area (Å²) in [6.45, 7) is 0.840. The highest BCUT2D eigenvalue weighted by molar-refractivity contribution is 14.1. The van der Waals surface area contributed by atoms with Crippen molar-refractivity contribution in [3.63, 3.8) is 0 Å². The van der Waals surface area contributed by atoms with Crippen molar-refractivity contribution in [1.29, 1.82) is 0 Å². The standard InChI is InChI=1S/C22H17ClINO4/c23-17-7-2-1-6-15(17)21(26)16-11-19-20(29-9-8-28-19)12-18(16)25-22(27)13-4-3-5-14(24)10-13/h1-7,10-12,21,26H,8-9H2,(H,25,27). The number of halogens is 2. The van der Waals surface area contributed by atoms with Gasteiger partial charge in [0.15, 0.2) is 11.5 Å². The molecule has 0 saturated heterocycles. The van der Waals surface area contributed by atoms with Crippen LogP contribution in [0.2, 0.25) is 5.02 Å². The topological polar surface area (TPSA) is 67.8 Å². The fraction of sp³-hybridized carbons (Fsp3) is 0.136. The Morgan fingerprint density at radius 3 is 2.45 bits per heavy atom. The van der Waals surface area contributed by atoms with E-state index in [1.807, 2.05) is 12.1 Å². The highest BCUT2D eigenvalue weighted by Gasteiger charge is 2.23. The van der Waals surface area contributed by atoms with Gasteiger partial charge >= 0.3 is 0 Å². The van der Waals surface area contributed by atoms with Gasteiger partial charge in [-0.3, -0.25) is 4.79 Å². The predicted octanol–water partition coefficient (Wildman–Crippen LogP) is 5.05. The van der Waals surface area contributed by atoms with Gasteiger partial charge in [0, 0.05) is 31.3 Å². The summed E-state index contributed by atoms with van der Waals surface area (Å²) in [5.41, 5.74) is 1.97. The van der Waals surface area contributed by atoms with Crippen molar-refractivity contribution >= 4 is 45.8 Å². The summed E-state index contributed by atoms with van der Waals surface area (Å²) >= 11 is 8.44. The van der Waals surface area contributed by atoms with Crippen LogP contribution in [0.3, 0.4) is 0 Å². The highest BCUT2D eigenvalue weighted by atomic mass is 127. The average Bonchev–Trinajstić information content (AvgIpc) is 2.73. The van der Waals surface area contributed by atoms with Crippen LogP contribution in [0.4, 0.5) is 5.69 Å². The second-order valence-corrected chi connectivity index (χ2v) is 8.12. The summed E-state index contributed by atoms with van der Waals surface area (Å²) in [6.07, 6.45) is -1.05. The Morgan fingerprint density at radius 1 is 1.00 bits per heavy atom. The van der Waals surface area contributed by atoms with E-state index in [0.717, 1.165) is 3.57 Å². The molecule has 1 aliphatic rings. The molecule has 3 aromatic carbocycles. The van der Waals surface area contributed by atoms with Crippen LogP contribution in [-0.4, -0.2) is 24.2 Å². The molecule has 1 unspecified atom stereocenters. The molecule has 4 rings (SSSR count). The maximum Gasteiger partial charge on any atom is 0.255 e. The second-order valence-electron chi connectivity index (χ2n) is 6.47. The zero-order valence-corrected chi connectivity index (χ0v) is 18.1. The molecule has 7 heteroatoms. The summed E-state index contributed by atoms with van der Waals surface area (Å²) in [4.78, 5) is 12.8. The minimum Gasteiger partial charge on any atom is -0.486 e. The predicted molar refractivity (Wildman–Crippen MR) is 120 cm³/mol. The number of rotatable bonds is 4. The van der Waals surface area contributed by atoms with E-state index in [4.69, 9.17) is 21.1 Å². The van der Waals surface area contributed by atoms with Gasteiger partial charge in [0.2, 0.25) is 0 Å². The fourth-order valence-electron chi connectivity index (χ4n) is 3.13. The Bertz CT molecular complexity index is 1070. The SMILES string of the molecule is O=C(Nc1cc2c(cc1C(O)c1ccccc1Cl)OCCO2)c1cccc(I)c1. The van der Waals surface area contributed by atoms with Crippen molar-refractivity contribution < 1.29 is 19.4 Å². The van der Waals surface area contributed by atoms with Crippen molar-refractivity contribution in [3.05, 3.63) is 85.9 Å². The third-order valence-electron chi connectivity index (χ3n) is 4.54. The minimum atomic E-state index is -1.05. The number of fused-ring (bicyclic) bond motifs is 1. The first-order valence-electron chi connectivity index (χ1n) is 8.96. The number of carbonyl (C=O) groups is 1. The third kappa shape index (κ3) is 4.34. The molecule has 0 fully saturated rings. The van der Waals surface area contributed by atoms with Crippen LogP contribution in [0, 0.1) is 3.57 Å². The Morgan fingerprint density at radius 2 is 1.72 bits per heavy atom. The normalized spacial score (nSPS) is 13.6. The highest BCUT2D eigenvalue weighted by Crippen LogP contribution is 2.41. The van der Waals surface area contributed by atoms with E-state index in [1.165, 1.54) is 0 Å². The first-order valence-corrected chi connectivity index (χ1v) is 10.4. The summed E-state index contributed by atoms with van der Waals surface area (Å²) in [5, 5.41) is 14.4. The lowest BCUT2D eigenvalue weighted by Crippen LogP contribution is -2.19. The van der Waals surface area contributed by atoms with Crippen LogP contribution >= 0.6 is 34.2 Å². The van der Waals surface area contributed by atoms with Gasteiger partial charge in [-0.2, -0.15) is 0 Å². The van der Waals surface area contributed by atoms with Gasteiger partial charge in [-0.25, -0.2) is 0 Å². The molecule has 148 valence electrons. The molecule has 1 aliphatic heterocycles. The molecule has 0 radical (unpaired) electrons. The summed E-state index contributed by atoms with van der Waals surface area (Å²) in [7, 11) is 0. The van der Waals surface area contributed by atoms with Crippen LogP contribution in [0.1, 0.15) is 27.6 Å². The molecular weight excluding hydrogens is 505 g/mol. The molecule has 3 aromatic rings. The number of aliphatic hydroxyl groups is 1. The smallest absolute Gasteiger partial charge is 0.255 e. The largest absolute Gasteiger partial charge is 0.486 e. The molecule has 2 N–H and O–H groups in total. The van der Waals surface area contributed by atoms with Gasteiger partial charge in [-0.05, 0) is 52.9 Å². The number of amides is 1. The quantitative estimate of drug-likeness (QED) is 0.472. The van der Waals surface area contributed by atoms with Crippen LogP contribution in [-0.2, 0) is 0 Å². The lowest BCUT2D eigenvalue weighted by atomic mass is 9.98. The first-order chi connectivity index (χ1) is 14.0. The van der Waals surface area contributed by atoms with E-state index in [9.17, 15) is 9.90 Å². The van der Waals surface area contributed by atoms with E-state index in [1.54, 1.807) is 48.5 Å². The van der Waals surface area contributed by atoms with E-state index in [0.29, 0.717) is 52.1 Å². The summed E-state index contributed by atoms with van der Waals surface area (Å²) in [5.74, 6) is 0.752. The minimum absolute atomic E-state index is 0.284. The monoisotopic (exact) mass is 521 g/mol. The van der Waals surface area contributed by atoms with Gasteiger partial charge in [-0.1, -0.05) is 35.9 Å². The molecule has 29 heavy (non-hydrogen) atoms. The molecule has 0 aliphatic carbocycles. The number of carbonyl (C=O) groups excluding carboxylic acids is 1. The van der Waals surface area contributed by atoms with Crippen molar-refractivity contribution in [2.75, 3.05) is 18.5 Å².